The lowest BCUT2D eigenvalue weighted by atomic mass is 10.1. The Morgan fingerprint density at radius 3 is 2.52 bits per heavy atom. The van der Waals surface area contributed by atoms with Gasteiger partial charge in [-0.3, -0.25) is 4.79 Å². The minimum atomic E-state index is -4.43. The highest BCUT2D eigenvalue weighted by molar-refractivity contribution is 7.14. The van der Waals surface area contributed by atoms with E-state index in [0.29, 0.717) is 16.1 Å². The summed E-state index contributed by atoms with van der Waals surface area (Å²) in [6.07, 6.45) is -3.26. The molecule has 1 amide bonds. The highest BCUT2D eigenvalue weighted by atomic mass is 32.1. The van der Waals surface area contributed by atoms with Crippen molar-refractivity contribution in [2.45, 2.75) is 19.2 Å². The fourth-order valence-corrected chi connectivity index (χ4v) is 2.66. The summed E-state index contributed by atoms with van der Waals surface area (Å²) in [4.78, 5) is 23.8. The number of carbonyl (C=O) groups is 2. The molecule has 0 fully saturated rings. The molecule has 9 heteroatoms. The summed E-state index contributed by atoms with van der Waals surface area (Å²) < 4.78 is 42.4. The number of ether oxygens (including phenoxy) is 1. The van der Waals surface area contributed by atoms with Crippen LogP contribution in [-0.4, -0.2) is 18.0 Å². The zero-order valence-corrected chi connectivity index (χ0v) is 14.7. The number of nitriles is 1. The van der Waals surface area contributed by atoms with E-state index in [4.69, 9.17) is 10.00 Å². The minimum Gasteiger partial charge on any atom is -0.449 e. The molecule has 0 aliphatic carbocycles. The summed E-state index contributed by atoms with van der Waals surface area (Å²) >= 11 is 1.16. The summed E-state index contributed by atoms with van der Waals surface area (Å²) in [6, 6.07) is 7.68. The molecule has 0 saturated carbocycles. The zero-order valence-electron chi connectivity index (χ0n) is 13.9. The van der Waals surface area contributed by atoms with Crippen molar-refractivity contribution in [2.24, 2.45) is 0 Å². The van der Waals surface area contributed by atoms with E-state index < -0.39 is 29.7 Å². The van der Waals surface area contributed by atoms with E-state index in [1.54, 1.807) is 11.4 Å². The molecule has 0 spiro atoms. The second-order valence-corrected chi connectivity index (χ2v) is 6.21. The smallest absolute Gasteiger partial charge is 0.416 e. The van der Waals surface area contributed by atoms with Gasteiger partial charge in [-0.1, -0.05) is 12.1 Å². The molecule has 0 unspecified atom stereocenters. The molecule has 2 rings (SSSR count). The van der Waals surface area contributed by atoms with E-state index in [0.717, 1.165) is 29.5 Å². The molecule has 1 atom stereocenters. The second kappa shape index (κ2) is 8.51. The average molecular weight is 394 g/mol. The van der Waals surface area contributed by atoms with Crippen LogP contribution in [0.25, 0.3) is 6.08 Å². The van der Waals surface area contributed by atoms with E-state index in [1.807, 2.05) is 6.07 Å². The minimum absolute atomic E-state index is 0.300. The number of esters is 1. The molecule has 2 aromatic rings. The molecule has 1 aromatic carbocycles. The number of rotatable bonds is 5. The first-order valence-corrected chi connectivity index (χ1v) is 8.43. The molecule has 1 heterocycles. The Labute approximate surface area is 156 Å². The normalized spacial score (nSPS) is 12.4. The Kier molecular flexibility index (Phi) is 6.36. The van der Waals surface area contributed by atoms with Gasteiger partial charge in [0.05, 0.1) is 11.1 Å². The number of halogens is 3. The third kappa shape index (κ3) is 5.69. The first-order chi connectivity index (χ1) is 12.7. The van der Waals surface area contributed by atoms with Gasteiger partial charge < -0.3 is 10.1 Å². The van der Waals surface area contributed by atoms with Crippen molar-refractivity contribution < 1.29 is 27.5 Å². The summed E-state index contributed by atoms with van der Waals surface area (Å²) in [6.45, 7) is 1.36. The Morgan fingerprint density at radius 1 is 1.26 bits per heavy atom. The maximum atomic E-state index is 12.5. The molecule has 0 aliphatic heterocycles. The van der Waals surface area contributed by atoms with Crippen molar-refractivity contribution in [1.29, 1.82) is 5.26 Å². The second-order valence-electron chi connectivity index (χ2n) is 5.30. The van der Waals surface area contributed by atoms with Gasteiger partial charge in [-0.15, -0.1) is 11.3 Å². The van der Waals surface area contributed by atoms with Crippen molar-refractivity contribution in [1.82, 2.24) is 0 Å². The van der Waals surface area contributed by atoms with Crippen LogP contribution < -0.4 is 5.32 Å². The zero-order chi connectivity index (χ0) is 20.0. The number of carbonyl (C=O) groups excluding carboxylic acids is 2. The van der Waals surface area contributed by atoms with Crippen molar-refractivity contribution in [3.8, 4) is 6.07 Å². The van der Waals surface area contributed by atoms with Crippen LogP contribution in [0.1, 0.15) is 23.6 Å². The lowest BCUT2D eigenvalue weighted by molar-refractivity contribution is -0.148. The predicted molar refractivity (Wildman–Crippen MR) is 93.7 cm³/mol. The maximum absolute atomic E-state index is 12.5. The van der Waals surface area contributed by atoms with Crippen molar-refractivity contribution in [2.75, 3.05) is 5.32 Å². The van der Waals surface area contributed by atoms with Crippen LogP contribution in [0.2, 0.25) is 0 Å². The number of benzene rings is 1. The van der Waals surface area contributed by atoms with Crippen LogP contribution in [0.4, 0.5) is 18.2 Å². The Bertz CT molecular complexity index is 896. The van der Waals surface area contributed by atoms with Crippen molar-refractivity contribution in [3.63, 3.8) is 0 Å². The maximum Gasteiger partial charge on any atom is 0.416 e. The fourth-order valence-electron chi connectivity index (χ4n) is 1.92. The van der Waals surface area contributed by atoms with E-state index in [2.05, 4.69) is 5.32 Å². The number of nitrogens with zero attached hydrogens (tertiary/aromatic N) is 1. The Balaban J connectivity index is 1.91. The first kappa shape index (κ1) is 20.2. The first-order valence-electron chi connectivity index (χ1n) is 7.55. The third-order valence-corrected chi connectivity index (χ3v) is 4.16. The van der Waals surface area contributed by atoms with Gasteiger partial charge in [0.2, 0.25) is 0 Å². The molecule has 0 bridgehead atoms. The Morgan fingerprint density at radius 2 is 1.93 bits per heavy atom. The molecular formula is C18H13F3N2O3S. The van der Waals surface area contributed by atoms with Gasteiger partial charge in [-0.2, -0.15) is 18.4 Å². The monoisotopic (exact) mass is 394 g/mol. The van der Waals surface area contributed by atoms with E-state index in [-0.39, 0.29) is 0 Å². The number of nitrogens with one attached hydrogen (secondary N) is 1. The molecule has 140 valence electrons. The van der Waals surface area contributed by atoms with Crippen LogP contribution in [0.5, 0.6) is 0 Å². The molecule has 27 heavy (non-hydrogen) atoms. The highest BCUT2D eigenvalue weighted by Gasteiger charge is 2.29. The third-order valence-electron chi connectivity index (χ3n) is 3.33. The highest BCUT2D eigenvalue weighted by Crippen LogP contribution is 2.29. The van der Waals surface area contributed by atoms with Gasteiger partial charge in [-0.25, -0.2) is 4.79 Å². The van der Waals surface area contributed by atoms with Crippen LogP contribution in [0.15, 0.2) is 41.8 Å². The number of anilines is 1. The number of thiophene rings is 1. The van der Waals surface area contributed by atoms with Crippen molar-refractivity contribution in [3.05, 3.63) is 58.5 Å². The molecule has 5 nitrogen and oxygen atoms in total. The molecule has 1 N–H and O–H groups in total. The van der Waals surface area contributed by atoms with Gasteiger partial charge in [0.1, 0.15) is 11.1 Å². The average Bonchev–Trinajstić information content (AvgIpc) is 3.06. The van der Waals surface area contributed by atoms with Crippen LogP contribution in [0.3, 0.4) is 0 Å². The standard InChI is InChI=1S/C18H13F3N2O3S/c1-11(16(25)23-17-13(10-22)8-9-27-17)26-15(24)7-4-12-2-5-14(6-3-12)18(19,20)21/h2-9,11H,1H3,(H,23,25)/b7-4+/t11-/m0/s1. The van der Waals surface area contributed by atoms with Crippen molar-refractivity contribution >= 4 is 34.3 Å². The van der Waals surface area contributed by atoms with E-state index >= 15 is 0 Å². The quantitative estimate of drug-likeness (QED) is 0.608. The Hall–Kier alpha value is -3.12. The summed E-state index contributed by atoms with van der Waals surface area (Å²) in [7, 11) is 0. The van der Waals surface area contributed by atoms with Crippen LogP contribution >= 0.6 is 11.3 Å². The summed E-state index contributed by atoms with van der Waals surface area (Å²) in [5.41, 5.74) is -0.124. The molecule has 0 aliphatic rings. The van der Waals surface area contributed by atoms with E-state index in [9.17, 15) is 22.8 Å². The number of alkyl halides is 3. The molecule has 0 saturated heterocycles. The van der Waals surface area contributed by atoms with Gasteiger partial charge >= 0.3 is 12.1 Å². The topological polar surface area (TPSA) is 79.2 Å². The van der Waals surface area contributed by atoms with E-state index in [1.165, 1.54) is 25.1 Å². The fraction of sp³-hybridized carbons (Fsp3) is 0.167. The lowest BCUT2D eigenvalue weighted by Crippen LogP contribution is -2.29. The largest absolute Gasteiger partial charge is 0.449 e. The van der Waals surface area contributed by atoms with Gasteiger partial charge in [0.25, 0.3) is 5.91 Å². The number of hydrogen-bond acceptors (Lipinski definition) is 5. The molecule has 0 radical (unpaired) electrons. The van der Waals surface area contributed by atoms with Gasteiger partial charge in [0.15, 0.2) is 6.10 Å². The SMILES string of the molecule is C[C@H](OC(=O)/C=C/c1ccc(C(F)(F)F)cc1)C(=O)Nc1sccc1C#N. The molecule has 1 aromatic heterocycles. The van der Waals surface area contributed by atoms with Crippen LogP contribution in [-0.2, 0) is 20.5 Å². The van der Waals surface area contributed by atoms with Crippen LogP contribution in [0, 0.1) is 11.3 Å². The van der Waals surface area contributed by atoms with Gasteiger partial charge in [-0.05, 0) is 42.1 Å². The predicted octanol–water partition coefficient (Wildman–Crippen LogP) is 4.22. The molecular weight excluding hydrogens is 381 g/mol. The summed E-state index contributed by atoms with van der Waals surface area (Å²) in [5, 5.41) is 13.4. The number of hydrogen-bond donors (Lipinski definition) is 1. The lowest BCUT2D eigenvalue weighted by Gasteiger charge is -2.11. The summed E-state index contributed by atoms with van der Waals surface area (Å²) in [5.74, 6) is -1.44. The van der Waals surface area contributed by atoms with Gasteiger partial charge in [0, 0.05) is 6.08 Å². The number of amides is 1.